The quantitative estimate of drug-likeness (QED) is 0.756. The fourth-order valence-electron chi connectivity index (χ4n) is 2.54. The normalized spacial score (nSPS) is 30.9. The van der Waals surface area contributed by atoms with Crippen LogP contribution in [0, 0.1) is 5.41 Å². The van der Waals surface area contributed by atoms with Crippen molar-refractivity contribution in [2.24, 2.45) is 5.41 Å². The topological polar surface area (TPSA) is 56.8 Å². The van der Waals surface area contributed by atoms with Gasteiger partial charge in [0.05, 0.1) is 31.3 Å². The van der Waals surface area contributed by atoms with Crippen molar-refractivity contribution in [3.63, 3.8) is 0 Å². The van der Waals surface area contributed by atoms with Gasteiger partial charge in [0.2, 0.25) is 5.91 Å². The number of rotatable bonds is 5. The molecule has 1 saturated carbocycles. The summed E-state index contributed by atoms with van der Waals surface area (Å²) in [4.78, 5) is 12.3. The van der Waals surface area contributed by atoms with E-state index in [-0.39, 0.29) is 23.5 Å². The zero-order chi connectivity index (χ0) is 12.3. The minimum absolute atomic E-state index is 0.0261. The van der Waals surface area contributed by atoms with Crippen molar-refractivity contribution in [3.8, 4) is 0 Å². The predicted octanol–water partition coefficient (Wildman–Crippen LogP) is 0.333. The Morgan fingerprint density at radius 2 is 2.18 bits per heavy atom. The molecule has 0 unspecified atom stereocenters. The second-order valence-electron chi connectivity index (χ2n) is 4.96. The van der Waals surface area contributed by atoms with Crippen molar-refractivity contribution >= 4 is 5.91 Å². The highest BCUT2D eigenvalue weighted by Gasteiger charge is 2.45. The monoisotopic (exact) mass is 243 g/mol. The highest BCUT2D eigenvalue weighted by atomic mass is 16.5. The maximum absolute atomic E-state index is 12.3. The molecule has 1 heterocycles. The molecule has 2 aliphatic rings. The highest BCUT2D eigenvalue weighted by Crippen LogP contribution is 2.41. The van der Waals surface area contributed by atoms with Gasteiger partial charge in [0, 0.05) is 14.2 Å². The third-order valence-corrected chi connectivity index (χ3v) is 3.86. The molecule has 2 fully saturated rings. The number of ether oxygens (including phenoxy) is 3. The van der Waals surface area contributed by atoms with Gasteiger partial charge in [0.1, 0.15) is 6.10 Å². The van der Waals surface area contributed by atoms with Crippen LogP contribution < -0.4 is 5.32 Å². The maximum Gasteiger partial charge on any atom is 0.228 e. The molecule has 1 amide bonds. The summed E-state index contributed by atoms with van der Waals surface area (Å²) in [6.45, 7) is 1.59. The third-order valence-electron chi connectivity index (χ3n) is 3.86. The lowest BCUT2D eigenvalue weighted by Gasteiger charge is -2.40. The SMILES string of the molecule is COCC1(C(=O)N[C@@H]2COC[C@@H]2OC)CCC1. The average Bonchev–Trinajstić information content (AvgIpc) is 2.70. The van der Waals surface area contributed by atoms with E-state index in [1.165, 1.54) is 0 Å². The zero-order valence-electron chi connectivity index (χ0n) is 10.5. The first-order valence-corrected chi connectivity index (χ1v) is 6.12. The van der Waals surface area contributed by atoms with Gasteiger partial charge in [-0.1, -0.05) is 6.42 Å². The molecule has 1 aliphatic heterocycles. The molecule has 0 aromatic heterocycles. The first-order chi connectivity index (χ1) is 8.22. The van der Waals surface area contributed by atoms with Gasteiger partial charge < -0.3 is 19.5 Å². The average molecular weight is 243 g/mol. The molecule has 1 N–H and O–H groups in total. The Bertz CT molecular complexity index is 278. The zero-order valence-corrected chi connectivity index (χ0v) is 10.5. The summed E-state index contributed by atoms with van der Waals surface area (Å²) in [6, 6.07) is -0.0261. The Kier molecular flexibility index (Phi) is 4.01. The summed E-state index contributed by atoms with van der Waals surface area (Å²) in [6.07, 6.45) is 2.90. The Hall–Kier alpha value is -0.650. The molecule has 5 heteroatoms. The van der Waals surface area contributed by atoms with Gasteiger partial charge in [0.25, 0.3) is 0 Å². The van der Waals surface area contributed by atoms with Crippen molar-refractivity contribution in [3.05, 3.63) is 0 Å². The molecular formula is C12H21NO4. The van der Waals surface area contributed by atoms with Gasteiger partial charge in [-0.2, -0.15) is 0 Å². The van der Waals surface area contributed by atoms with Crippen LogP contribution in [0.25, 0.3) is 0 Å². The molecule has 17 heavy (non-hydrogen) atoms. The molecule has 5 nitrogen and oxygen atoms in total. The number of hydrogen-bond donors (Lipinski definition) is 1. The second-order valence-corrected chi connectivity index (χ2v) is 4.96. The van der Waals surface area contributed by atoms with Gasteiger partial charge in [-0.3, -0.25) is 4.79 Å². The maximum atomic E-state index is 12.3. The van der Waals surface area contributed by atoms with Gasteiger partial charge >= 0.3 is 0 Å². The summed E-state index contributed by atoms with van der Waals surface area (Å²) in [7, 11) is 3.29. The molecule has 1 saturated heterocycles. The number of carbonyl (C=O) groups excluding carboxylic acids is 1. The minimum Gasteiger partial charge on any atom is -0.384 e. The van der Waals surface area contributed by atoms with Crippen LogP contribution >= 0.6 is 0 Å². The van der Waals surface area contributed by atoms with Gasteiger partial charge in [-0.05, 0) is 12.8 Å². The van der Waals surface area contributed by atoms with Crippen LogP contribution in [0.2, 0.25) is 0 Å². The summed E-state index contributed by atoms with van der Waals surface area (Å²) < 4.78 is 15.8. The van der Waals surface area contributed by atoms with Crippen molar-refractivity contribution in [1.29, 1.82) is 0 Å². The molecular weight excluding hydrogens is 222 g/mol. The number of methoxy groups -OCH3 is 2. The van der Waals surface area contributed by atoms with Gasteiger partial charge in [0.15, 0.2) is 0 Å². The standard InChI is InChI=1S/C12H21NO4/c1-15-8-12(4-3-5-12)11(14)13-9-6-17-7-10(9)16-2/h9-10H,3-8H2,1-2H3,(H,13,14)/t9-,10+/m1/s1. The fourth-order valence-corrected chi connectivity index (χ4v) is 2.54. The molecule has 2 atom stereocenters. The molecule has 0 radical (unpaired) electrons. The van der Waals surface area contributed by atoms with E-state index in [0.717, 1.165) is 19.3 Å². The van der Waals surface area contributed by atoms with E-state index in [0.29, 0.717) is 19.8 Å². The van der Waals surface area contributed by atoms with E-state index in [4.69, 9.17) is 14.2 Å². The van der Waals surface area contributed by atoms with E-state index in [9.17, 15) is 4.79 Å². The molecule has 98 valence electrons. The van der Waals surface area contributed by atoms with E-state index in [1.807, 2.05) is 0 Å². The van der Waals surface area contributed by atoms with Crippen LogP contribution in [0.15, 0.2) is 0 Å². The van der Waals surface area contributed by atoms with Crippen LogP contribution in [-0.4, -0.2) is 52.1 Å². The van der Waals surface area contributed by atoms with Crippen molar-refractivity contribution in [1.82, 2.24) is 5.32 Å². The third kappa shape index (κ3) is 2.46. The first-order valence-electron chi connectivity index (χ1n) is 6.12. The Morgan fingerprint density at radius 1 is 1.41 bits per heavy atom. The van der Waals surface area contributed by atoms with E-state index >= 15 is 0 Å². The van der Waals surface area contributed by atoms with Crippen molar-refractivity contribution in [2.75, 3.05) is 34.0 Å². The lowest BCUT2D eigenvalue weighted by molar-refractivity contribution is -0.142. The number of carbonyl (C=O) groups is 1. The molecule has 0 spiro atoms. The fraction of sp³-hybridized carbons (Fsp3) is 0.917. The van der Waals surface area contributed by atoms with E-state index < -0.39 is 0 Å². The summed E-state index contributed by atoms with van der Waals surface area (Å²) >= 11 is 0. The Labute approximate surface area is 102 Å². The molecule has 0 aromatic carbocycles. The van der Waals surface area contributed by atoms with Crippen molar-refractivity contribution in [2.45, 2.75) is 31.4 Å². The number of nitrogens with one attached hydrogen (secondary N) is 1. The van der Waals surface area contributed by atoms with Crippen LogP contribution in [0.5, 0.6) is 0 Å². The summed E-state index contributed by atoms with van der Waals surface area (Å²) in [5, 5.41) is 3.04. The molecule has 0 bridgehead atoms. The van der Waals surface area contributed by atoms with E-state index in [1.54, 1.807) is 14.2 Å². The van der Waals surface area contributed by atoms with E-state index in [2.05, 4.69) is 5.32 Å². The van der Waals surface area contributed by atoms with Gasteiger partial charge in [-0.25, -0.2) is 0 Å². The predicted molar refractivity (Wildman–Crippen MR) is 61.7 cm³/mol. The smallest absolute Gasteiger partial charge is 0.228 e. The summed E-state index contributed by atoms with van der Waals surface area (Å²) in [5.74, 6) is 0.0863. The second kappa shape index (κ2) is 5.33. The molecule has 0 aromatic rings. The van der Waals surface area contributed by atoms with Gasteiger partial charge in [-0.15, -0.1) is 0 Å². The highest BCUT2D eigenvalue weighted by molar-refractivity contribution is 5.84. The molecule has 2 rings (SSSR count). The largest absolute Gasteiger partial charge is 0.384 e. The minimum atomic E-state index is -0.310. The Morgan fingerprint density at radius 3 is 2.71 bits per heavy atom. The lowest BCUT2D eigenvalue weighted by atomic mass is 9.68. The lowest BCUT2D eigenvalue weighted by Crippen LogP contribution is -2.54. The summed E-state index contributed by atoms with van der Waals surface area (Å²) in [5.41, 5.74) is -0.310. The van der Waals surface area contributed by atoms with Crippen LogP contribution in [0.4, 0.5) is 0 Å². The first kappa shape index (κ1) is 12.8. The Balaban J connectivity index is 1.91. The number of hydrogen-bond acceptors (Lipinski definition) is 4. The van der Waals surface area contributed by atoms with Crippen molar-refractivity contribution < 1.29 is 19.0 Å². The van der Waals surface area contributed by atoms with Crippen LogP contribution in [0.3, 0.4) is 0 Å². The van der Waals surface area contributed by atoms with Crippen LogP contribution in [-0.2, 0) is 19.0 Å². The van der Waals surface area contributed by atoms with Crippen LogP contribution in [0.1, 0.15) is 19.3 Å². The number of amides is 1. The molecule has 1 aliphatic carbocycles.